The number of benzene rings is 1. The summed E-state index contributed by atoms with van der Waals surface area (Å²) in [4.78, 5) is 14.7. The lowest BCUT2D eigenvalue weighted by Crippen LogP contribution is -2.59. The maximum atomic E-state index is 12.9. The van der Waals surface area contributed by atoms with E-state index in [9.17, 15) is 9.90 Å². The molecule has 2 aliphatic carbocycles. The highest BCUT2D eigenvalue weighted by Gasteiger charge is 2.67. The van der Waals surface area contributed by atoms with Gasteiger partial charge in [0.25, 0.3) is 5.91 Å². The van der Waals surface area contributed by atoms with Gasteiger partial charge in [-0.3, -0.25) is 4.79 Å². The first-order valence-corrected chi connectivity index (χ1v) is 7.83. The van der Waals surface area contributed by atoms with Crippen LogP contribution < -0.4 is 0 Å². The van der Waals surface area contributed by atoms with Gasteiger partial charge in [0.15, 0.2) is 0 Å². The molecule has 3 nitrogen and oxygen atoms in total. The third-order valence-electron chi connectivity index (χ3n) is 6.59. The monoisotopic (exact) mass is 287 g/mol. The zero-order valence-electron chi connectivity index (χ0n) is 13.3. The van der Waals surface area contributed by atoms with Crippen molar-refractivity contribution in [2.45, 2.75) is 45.3 Å². The Bertz CT molecular complexity index is 554. The van der Waals surface area contributed by atoms with E-state index in [0.29, 0.717) is 11.5 Å². The van der Waals surface area contributed by atoms with Crippen molar-refractivity contribution < 1.29 is 9.90 Å². The maximum Gasteiger partial charge on any atom is 0.254 e. The molecule has 0 heterocycles. The standard InChI is InChI=1S/C18H25NO2/c1-17(2)13-10-11-14(15(13)20)18(17,3)19(4)16(21)12-8-6-5-7-9-12/h5-9,13-15,20H,10-11H2,1-4H3/t13-,14-,15+,18+/m0/s1. The predicted molar refractivity (Wildman–Crippen MR) is 82.9 cm³/mol. The second-order valence-electron chi connectivity index (χ2n) is 7.38. The Morgan fingerprint density at radius 2 is 1.71 bits per heavy atom. The molecule has 0 spiro atoms. The second-order valence-corrected chi connectivity index (χ2v) is 7.38. The van der Waals surface area contributed by atoms with Gasteiger partial charge < -0.3 is 10.0 Å². The number of nitrogens with zero attached hydrogens (tertiary/aromatic N) is 1. The molecule has 3 rings (SSSR count). The number of rotatable bonds is 2. The van der Waals surface area contributed by atoms with E-state index in [4.69, 9.17) is 0 Å². The maximum absolute atomic E-state index is 12.9. The lowest BCUT2D eigenvalue weighted by molar-refractivity contribution is -0.0198. The fourth-order valence-electron chi connectivity index (χ4n) is 4.90. The number of carbonyl (C=O) groups is 1. The Kier molecular flexibility index (Phi) is 3.17. The third kappa shape index (κ3) is 1.73. The molecule has 0 aromatic heterocycles. The summed E-state index contributed by atoms with van der Waals surface area (Å²) in [6.45, 7) is 6.56. The highest BCUT2D eigenvalue weighted by Crippen LogP contribution is 2.63. The molecule has 4 atom stereocenters. The van der Waals surface area contributed by atoms with Crippen LogP contribution in [0.25, 0.3) is 0 Å². The molecule has 114 valence electrons. The van der Waals surface area contributed by atoms with Gasteiger partial charge in [-0.2, -0.15) is 0 Å². The highest BCUT2D eigenvalue weighted by atomic mass is 16.3. The number of amides is 1. The molecule has 0 unspecified atom stereocenters. The summed E-state index contributed by atoms with van der Waals surface area (Å²) in [5.41, 5.74) is 0.339. The van der Waals surface area contributed by atoms with Gasteiger partial charge in [0.05, 0.1) is 11.6 Å². The van der Waals surface area contributed by atoms with Gasteiger partial charge in [-0.25, -0.2) is 0 Å². The van der Waals surface area contributed by atoms with E-state index in [1.807, 2.05) is 42.3 Å². The predicted octanol–water partition coefficient (Wildman–Crippen LogP) is 2.94. The van der Waals surface area contributed by atoms with E-state index in [1.54, 1.807) is 0 Å². The Labute approximate surface area is 127 Å². The van der Waals surface area contributed by atoms with Crippen LogP contribution in [0.15, 0.2) is 30.3 Å². The summed E-state index contributed by atoms with van der Waals surface area (Å²) in [5, 5.41) is 10.6. The van der Waals surface area contributed by atoms with Crippen molar-refractivity contribution in [2.24, 2.45) is 17.3 Å². The van der Waals surface area contributed by atoms with Gasteiger partial charge in [0, 0.05) is 18.5 Å². The quantitative estimate of drug-likeness (QED) is 0.908. The van der Waals surface area contributed by atoms with Crippen molar-refractivity contribution in [3.63, 3.8) is 0 Å². The van der Waals surface area contributed by atoms with Crippen molar-refractivity contribution in [1.29, 1.82) is 0 Å². The topological polar surface area (TPSA) is 40.5 Å². The first-order chi connectivity index (χ1) is 9.81. The molecule has 1 aromatic rings. The molecule has 1 N–H and O–H groups in total. The summed E-state index contributed by atoms with van der Waals surface area (Å²) < 4.78 is 0. The minimum Gasteiger partial charge on any atom is -0.392 e. The fourth-order valence-corrected chi connectivity index (χ4v) is 4.90. The van der Waals surface area contributed by atoms with Gasteiger partial charge in [-0.1, -0.05) is 32.0 Å². The van der Waals surface area contributed by atoms with Crippen LogP contribution in [-0.2, 0) is 0 Å². The van der Waals surface area contributed by atoms with Crippen LogP contribution in [0.2, 0.25) is 0 Å². The molecule has 2 saturated carbocycles. The molecule has 2 fully saturated rings. The van der Waals surface area contributed by atoms with Crippen LogP contribution >= 0.6 is 0 Å². The number of hydrogen-bond acceptors (Lipinski definition) is 2. The third-order valence-corrected chi connectivity index (χ3v) is 6.59. The molecule has 0 saturated heterocycles. The van der Waals surface area contributed by atoms with Crippen molar-refractivity contribution in [3.8, 4) is 0 Å². The Morgan fingerprint density at radius 1 is 1.14 bits per heavy atom. The molecule has 1 amide bonds. The summed E-state index contributed by atoms with van der Waals surface area (Å²) in [7, 11) is 1.89. The van der Waals surface area contributed by atoms with E-state index in [0.717, 1.165) is 12.8 Å². The van der Waals surface area contributed by atoms with Crippen LogP contribution in [0.5, 0.6) is 0 Å². The van der Waals surface area contributed by atoms with Crippen molar-refractivity contribution >= 4 is 5.91 Å². The van der Waals surface area contributed by atoms with E-state index in [-0.39, 0.29) is 28.9 Å². The van der Waals surface area contributed by atoms with Crippen molar-refractivity contribution in [3.05, 3.63) is 35.9 Å². The van der Waals surface area contributed by atoms with Gasteiger partial charge >= 0.3 is 0 Å². The smallest absolute Gasteiger partial charge is 0.254 e. The Morgan fingerprint density at radius 3 is 2.24 bits per heavy atom. The first kappa shape index (κ1) is 14.6. The summed E-state index contributed by atoms with van der Waals surface area (Å²) in [6.07, 6.45) is 1.80. The Balaban J connectivity index is 1.97. The normalized spacial score (nSPS) is 36.7. The molecule has 2 aliphatic rings. The number of aliphatic hydroxyl groups excluding tert-OH is 1. The van der Waals surface area contributed by atoms with Crippen LogP contribution in [0.4, 0.5) is 0 Å². The Hall–Kier alpha value is -1.35. The lowest BCUT2D eigenvalue weighted by atomic mass is 9.63. The molecule has 21 heavy (non-hydrogen) atoms. The van der Waals surface area contributed by atoms with E-state index >= 15 is 0 Å². The van der Waals surface area contributed by atoms with Gasteiger partial charge in [-0.15, -0.1) is 0 Å². The minimum atomic E-state index is -0.303. The van der Waals surface area contributed by atoms with Crippen LogP contribution in [-0.4, -0.2) is 34.6 Å². The van der Waals surface area contributed by atoms with Crippen molar-refractivity contribution in [2.75, 3.05) is 7.05 Å². The fraction of sp³-hybridized carbons (Fsp3) is 0.611. The summed E-state index contributed by atoms with van der Waals surface area (Å²) in [6, 6.07) is 9.43. The number of carbonyl (C=O) groups excluding carboxylic acids is 1. The van der Waals surface area contributed by atoms with Crippen LogP contribution in [0.3, 0.4) is 0 Å². The molecular formula is C18H25NO2. The molecule has 0 radical (unpaired) electrons. The van der Waals surface area contributed by atoms with Crippen molar-refractivity contribution in [1.82, 2.24) is 4.90 Å². The van der Waals surface area contributed by atoms with Gasteiger partial charge in [0.1, 0.15) is 0 Å². The van der Waals surface area contributed by atoms with Crippen LogP contribution in [0, 0.1) is 17.3 Å². The first-order valence-electron chi connectivity index (χ1n) is 7.83. The van der Waals surface area contributed by atoms with E-state index < -0.39 is 0 Å². The molecule has 2 bridgehead atoms. The summed E-state index contributed by atoms with van der Waals surface area (Å²) >= 11 is 0. The van der Waals surface area contributed by atoms with E-state index in [1.165, 1.54) is 0 Å². The minimum absolute atomic E-state index is 0.0472. The van der Waals surface area contributed by atoms with E-state index in [2.05, 4.69) is 20.8 Å². The molecule has 3 heteroatoms. The average molecular weight is 287 g/mol. The SMILES string of the molecule is CN(C(=O)c1ccccc1)[C@]1(C)[C@H]2CC[C@@H]([C@H]2O)C1(C)C. The molecule has 0 aliphatic heterocycles. The van der Waals surface area contributed by atoms with Crippen LogP contribution in [0.1, 0.15) is 44.0 Å². The summed E-state index contributed by atoms with van der Waals surface area (Å²) in [5.74, 6) is 0.514. The average Bonchev–Trinajstić information content (AvgIpc) is 2.92. The van der Waals surface area contributed by atoms with Gasteiger partial charge in [-0.05, 0) is 43.2 Å². The lowest BCUT2D eigenvalue weighted by Gasteiger charge is -2.52. The number of aliphatic hydroxyl groups is 1. The number of fused-ring (bicyclic) bond motifs is 2. The largest absolute Gasteiger partial charge is 0.392 e. The zero-order chi connectivity index (χ0) is 15.4. The molecule has 1 aromatic carbocycles. The molecular weight excluding hydrogens is 262 g/mol. The van der Waals surface area contributed by atoms with Gasteiger partial charge in [0.2, 0.25) is 0 Å². The highest BCUT2D eigenvalue weighted by molar-refractivity contribution is 5.94. The zero-order valence-corrected chi connectivity index (χ0v) is 13.3. The second kappa shape index (κ2) is 4.57. The number of hydrogen-bond donors (Lipinski definition) is 1.